The van der Waals surface area contributed by atoms with Gasteiger partial charge in [-0.25, -0.2) is 0 Å². The van der Waals surface area contributed by atoms with E-state index in [0.717, 1.165) is 30.2 Å². The number of rotatable bonds is 24. The predicted molar refractivity (Wildman–Crippen MR) is 142 cm³/mol. The van der Waals surface area contributed by atoms with Crippen molar-refractivity contribution in [2.24, 2.45) is 29.4 Å². The van der Waals surface area contributed by atoms with Crippen molar-refractivity contribution in [3.63, 3.8) is 0 Å². The molecule has 0 spiro atoms. The van der Waals surface area contributed by atoms with Gasteiger partial charge >= 0.3 is 0 Å². The monoisotopic (exact) mass is 435 g/mol. The molecule has 0 radical (unpaired) electrons. The molecule has 0 aromatic heterocycles. The summed E-state index contributed by atoms with van der Waals surface area (Å²) in [7, 11) is 0. The molecule has 0 heterocycles. The molecule has 1 saturated carbocycles. The fourth-order valence-electron chi connectivity index (χ4n) is 5.95. The molecule has 1 aliphatic carbocycles. The first-order chi connectivity index (χ1) is 15.3. The van der Waals surface area contributed by atoms with Crippen molar-refractivity contribution in [3.8, 4) is 0 Å². The van der Waals surface area contributed by atoms with Crippen molar-refractivity contribution in [1.82, 2.24) is 0 Å². The average Bonchev–Trinajstić information content (AvgIpc) is 3.54. The molecule has 2 N–H and O–H groups in total. The summed E-state index contributed by atoms with van der Waals surface area (Å²) >= 11 is 0. The molecule has 1 fully saturated rings. The third kappa shape index (κ3) is 15.4. The molecule has 1 rings (SSSR count). The van der Waals surface area contributed by atoms with Gasteiger partial charge in [0.25, 0.3) is 0 Å². The second-order valence-electron chi connectivity index (χ2n) is 11.1. The van der Waals surface area contributed by atoms with E-state index in [1.54, 1.807) is 19.3 Å². The molecule has 186 valence electrons. The minimum atomic E-state index is 0.876. The van der Waals surface area contributed by atoms with Gasteiger partial charge in [0, 0.05) is 0 Å². The SMILES string of the molecule is CCCCCCCC[C@@H]1C[C@@H]1C(CCCCC)CC(CCCCC)CCCCCCN. The number of hydrogen-bond acceptors (Lipinski definition) is 1. The second kappa shape index (κ2) is 20.6. The van der Waals surface area contributed by atoms with Gasteiger partial charge in [-0.05, 0) is 49.5 Å². The Morgan fingerprint density at radius 3 is 1.81 bits per heavy atom. The van der Waals surface area contributed by atoms with Crippen LogP contribution in [0.3, 0.4) is 0 Å². The summed E-state index contributed by atoms with van der Waals surface area (Å²) < 4.78 is 0. The highest BCUT2D eigenvalue weighted by molar-refractivity contribution is 4.92. The maximum absolute atomic E-state index is 5.69. The molecule has 0 amide bonds. The molecule has 31 heavy (non-hydrogen) atoms. The Bertz CT molecular complexity index is 365. The van der Waals surface area contributed by atoms with Crippen molar-refractivity contribution in [2.75, 3.05) is 6.54 Å². The van der Waals surface area contributed by atoms with Crippen LogP contribution >= 0.6 is 0 Å². The van der Waals surface area contributed by atoms with E-state index in [0.29, 0.717) is 0 Å². The van der Waals surface area contributed by atoms with Crippen LogP contribution in [-0.2, 0) is 0 Å². The first-order valence-electron chi connectivity index (χ1n) is 15.0. The molecule has 0 aliphatic heterocycles. The summed E-state index contributed by atoms with van der Waals surface area (Å²) in [5.74, 6) is 4.25. The van der Waals surface area contributed by atoms with Crippen LogP contribution in [0.5, 0.6) is 0 Å². The van der Waals surface area contributed by atoms with E-state index in [9.17, 15) is 0 Å². The van der Waals surface area contributed by atoms with Crippen LogP contribution in [0.2, 0.25) is 0 Å². The number of unbranched alkanes of at least 4 members (excludes halogenated alkanes) is 12. The van der Waals surface area contributed by atoms with Crippen LogP contribution in [0.15, 0.2) is 0 Å². The highest BCUT2D eigenvalue weighted by Gasteiger charge is 2.42. The zero-order chi connectivity index (χ0) is 22.6. The quantitative estimate of drug-likeness (QED) is 0.150. The minimum Gasteiger partial charge on any atom is -0.330 e. The zero-order valence-corrected chi connectivity index (χ0v) is 22.2. The molecule has 1 heteroatoms. The van der Waals surface area contributed by atoms with Crippen LogP contribution in [0.1, 0.15) is 162 Å². The average molecular weight is 436 g/mol. The van der Waals surface area contributed by atoms with E-state index in [2.05, 4.69) is 20.8 Å². The zero-order valence-electron chi connectivity index (χ0n) is 22.2. The highest BCUT2D eigenvalue weighted by Crippen LogP contribution is 2.51. The summed E-state index contributed by atoms with van der Waals surface area (Å²) in [6.07, 6.45) is 32.0. The lowest BCUT2D eigenvalue weighted by Gasteiger charge is -2.25. The summed E-state index contributed by atoms with van der Waals surface area (Å²) in [6, 6.07) is 0. The lowest BCUT2D eigenvalue weighted by Crippen LogP contribution is -2.13. The van der Waals surface area contributed by atoms with Crippen LogP contribution in [0, 0.1) is 23.7 Å². The fraction of sp³-hybridized carbons (Fsp3) is 1.00. The van der Waals surface area contributed by atoms with Gasteiger partial charge in [-0.2, -0.15) is 0 Å². The predicted octanol–water partition coefficient (Wildman–Crippen LogP) is 10.1. The van der Waals surface area contributed by atoms with E-state index < -0.39 is 0 Å². The van der Waals surface area contributed by atoms with Gasteiger partial charge in [0.15, 0.2) is 0 Å². The smallest absolute Gasteiger partial charge is 0.00773 e. The van der Waals surface area contributed by atoms with Gasteiger partial charge in [-0.3, -0.25) is 0 Å². The van der Waals surface area contributed by atoms with Crippen molar-refractivity contribution >= 4 is 0 Å². The van der Waals surface area contributed by atoms with Crippen molar-refractivity contribution in [1.29, 1.82) is 0 Å². The van der Waals surface area contributed by atoms with Gasteiger partial charge in [-0.15, -0.1) is 0 Å². The van der Waals surface area contributed by atoms with E-state index >= 15 is 0 Å². The normalized spacial score (nSPS) is 20.1. The van der Waals surface area contributed by atoms with Crippen LogP contribution in [0.4, 0.5) is 0 Å². The van der Waals surface area contributed by atoms with Gasteiger partial charge in [0.1, 0.15) is 0 Å². The van der Waals surface area contributed by atoms with Crippen LogP contribution < -0.4 is 5.73 Å². The molecule has 1 nitrogen and oxygen atoms in total. The van der Waals surface area contributed by atoms with Gasteiger partial charge in [-0.1, -0.05) is 143 Å². The molecule has 0 aromatic rings. The Kier molecular flexibility index (Phi) is 19.2. The van der Waals surface area contributed by atoms with Gasteiger partial charge < -0.3 is 5.73 Å². The molecule has 2 unspecified atom stereocenters. The first-order valence-corrected chi connectivity index (χ1v) is 15.0. The summed E-state index contributed by atoms with van der Waals surface area (Å²) in [5.41, 5.74) is 5.69. The Labute approximate surface area is 198 Å². The van der Waals surface area contributed by atoms with Crippen molar-refractivity contribution in [3.05, 3.63) is 0 Å². The summed E-state index contributed by atoms with van der Waals surface area (Å²) in [4.78, 5) is 0. The van der Waals surface area contributed by atoms with E-state index in [-0.39, 0.29) is 0 Å². The van der Waals surface area contributed by atoms with E-state index in [1.807, 2.05) is 0 Å². The molecular weight excluding hydrogens is 374 g/mol. The van der Waals surface area contributed by atoms with Crippen molar-refractivity contribution < 1.29 is 0 Å². The lowest BCUT2D eigenvalue weighted by atomic mass is 9.81. The van der Waals surface area contributed by atoms with E-state index in [1.165, 1.54) is 122 Å². The third-order valence-corrected chi connectivity index (χ3v) is 8.11. The summed E-state index contributed by atoms with van der Waals surface area (Å²) in [5, 5.41) is 0. The standard InChI is InChI=1S/C30H61N/c1-4-7-10-11-12-18-23-29-26-30(29)28(22-16-9-6-3)25-27(20-15-8-5-2)21-17-13-14-19-24-31/h27-30H,4-26,31H2,1-3H3/t27?,28?,29-,30-/m1/s1. The molecule has 1 aliphatic rings. The third-order valence-electron chi connectivity index (χ3n) is 8.11. The Morgan fingerprint density at radius 1 is 0.613 bits per heavy atom. The Balaban J connectivity index is 2.44. The Hall–Kier alpha value is -0.0400. The molecule has 0 saturated heterocycles. The van der Waals surface area contributed by atoms with E-state index in [4.69, 9.17) is 5.73 Å². The Morgan fingerprint density at radius 2 is 1.13 bits per heavy atom. The maximum atomic E-state index is 5.69. The summed E-state index contributed by atoms with van der Waals surface area (Å²) in [6.45, 7) is 7.92. The molecule has 4 atom stereocenters. The van der Waals surface area contributed by atoms with Gasteiger partial charge in [0.2, 0.25) is 0 Å². The highest BCUT2D eigenvalue weighted by atomic mass is 14.5. The molecule has 0 bridgehead atoms. The van der Waals surface area contributed by atoms with Crippen LogP contribution in [-0.4, -0.2) is 6.54 Å². The number of hydrogen-bond donors (Lipinski definition) is 1. The number of nitrogens with two attached hydrogens (primary N) is 1. The first kappa shape index (κ1) is 29.0. The van der Waals surface area contributed by atoms with Gasteiger partial charge in [0.05, 0.1) is 0 Å². The topological polar surface area (TPSA) is 26.0 Å². The maximum Gasteiger partial charge on any atom is -0.00773 e. The van der Waals surface area contributed by atoms with Crippen LogP contribution in [0.25, 0.3) is 0 Å². The molecular formula is C30H61N. The largest absolute Gasteiger partial charge is 0.330 e. The fourth-order valence-corrected chi connectivity index (χ4v) is 5.95. The lowest BCUT2D eigenvalue weighted by molar-refractivity contribution is 0.268. The minimum absolute atomic E-state index is 0.876. The molecule has 0 aromatic carbocycles. The second-order valence-corrected chi connectivity index (χ2v) is 11.1. The van der Waals surface area contributed by atoms with Crippen molar-refractivity contribution in [2.45, 2.75) is 162 Å².